The first kappa shape index (κ1) is 22.5. The summed E-state index contributed by atoms with van der Waals surface area (Å²) in [5.41, 5.74) is 4.94. The molecule has 1 N–H and O–H groups in total. The molecule has 5 nitrogen and oxygen atoms in total. The van der Waals surface area contributed by atoms with Crippen molar-refractivity contribution in [3.05, 3.63) is 70.3 Å². The molecular formula is C24H32N2O3S. The summed E-state index contributed by atoms with van der Waals surface area (Å²) in [6.07, 6.45) is 0.960. The number of sulfonamides is 1. The summed E-state index contributed by atoms with van der Waals surface area (Å²) in [6, 6.07) is 14.0. The molecule has 1 aliphatic rings. The molecule has 0 saturated carbocycles. The minimum Gasteiger partial charge on any atom is -0.351 e. The van der Waals surface area contributed by atoms with Crippen LogP contribution in [-0.2, 0) is 26.8 Å². The van der Waals surface area contributed by atoms with Gasteiger partial charge in [-0.2, -0.15) is 0 Å². The van der Waals surface area contributed by atoms with Gasteiger partial charge in [-0.3, -0.25) is 4.79 Å². The van der Waals surface area contributed by atoms with E-state index < -0.39 is 15.4 Å². The van der Waals surface area contributed by atoms with Gasteiger partial charge >= 0.3 is 0 Å². The highest BCUT2D eigenvalue weighted by Gasteiger charge is 2.44. The number of benzene rings is 2. The number of aryl methyl sites for hydroxylation is 3. The molecule has 30 heavy (non-hydrogen) atoms. The van der Waals surface area contributed by atoms with Crippen LogP contribution in [0.2, 0.25) is 0 Å². The second-order valence-electron chi connectivity index (χ2n) is 8.31. The zero-order valence-corrected chi connectivity index (χ0v) is 19.2. The Hall–Kier alpha value is -2.18. The third-order valence-corrected chi connectivity index (χ3v) is 8.24. The molecular weight excluding hydrogens is 396 g/mol. The summed E-state index contributed by atoms with van der Waals surface area (Å²) < 4.78 is 26.1. The number of rotatable bonds is 6. The van der Waals surface area contributed by atoms with Gasteiger partial charge in [-0.05, 0) is 62.8 Å². The van der Waals surface area contributed by atoms with E-state index in [1.165, 1.54) is 21.0 Å². The van der Waals surface area contributed by atoms with Gasteiger partial charge in [-0.1, -0.05) is 48.0 Å². The summed E-state index contributed by atoms with van der Waals surface area (Å²) in [4.78, 5) is 13.5. The fraction of sp³-hybridized carbons (Fsp3) is 0.458. The molecule has 2 aromatic carbocycles. The Balaban J connectivity index is 1.85. The Morgan fingerprint density at radius 2 is 1.60 bits per heavy atom. The highest BCUT2D eigenvalue weighted by Crippen LogP contribution is 2.37. The van der Waals surface area contributed by atoms with Crippen molar-refractivity contribution in [2.24, 2.45) is 0 Å². The number of nitrogens with one attached hydrogen (secondary N) is 1. The number of piperidine rings is 1. The van der Waals surface area contributed by atoms with E-state index in [0.29, 0.717) is 32.5 Å². The average Bonchev–Trinajstić information content (AvgIpc) is 2.73. The van der Waals surface area contributed by atoms with E-state index in [1.807, 2.05) is 30.3 Å². The number of carbonyl (C=O) groups excluding carboxylic acids is 1. The molecule has 6 heteroatoms. The number of hydrogen-bond acceptors (Lipinski definition) is 3. The van der Waals surface area contributed by atoms with Gasteiger partial charge in [0.05, 0.1) is 11.2 Å². The maximum absolute atomic E-state index is 13.5. The summed E-state index contributed by atoms with van der Waals surface area (Å²) in [5.74, 6) is 0.0605. The summed E-state index contributed by atoms with van der Waals surface area (Å²) >= 11 is 0. The fourth-order valence-electron chi connectivity index (χ4n) is 4.56. The van der Waals surface area contributed by atoms with Crippen LogP contribution >= 0.6 is 0 Å². The first-order valence-corrected chi connectivity index (χ1v) is 12.2. The van der Waals surface area contributed by atoms with Crippen LogP contribution in [0.5, 0.6) is 0 Å². The lowest BCUT2D eigenvalue weighted by Gasteiger charge is -2.40. The van der Waals surface area contributed by atoms with E-state index in [0.717, 1.165) is 11.1 Å². The highest BCUT2D eigenvalue weighted by atomic mass is 32.2. The summed E-state index contributed by atoms with van der Waals surface area (Å²) in [7, 11) is -3.25. The van der Waals surface area contributed by atoms with Crippen molar-refractivity contribution in [3.8, 4) is 0 Å². The Kier molecular flexibility index (Phi) is 6.68. The van der Waals surface area contributed by atoms with Gasteiger partial charge in [0.25, 0.3) is 0 Å². The smallest absolute Gasteiger partial charge is 0.231 e. The molecule has 2 aromatic rings. The van der Waals surface area contributed by atoms with Crippen molar-refractivity contribution >= 4 is 15.9 Å². The minimum absolute atomic E-state index is 0.0263. The topological polar surface area (TPSA) is 66.5 Å². The lowest BCUT2D eigenvalue weighted by Crippen LogP contribution is -2.52. The Labute approximate surface area is 180 Å². The van der Waals surface area contributed by atoms with Gasteiger partial charge in [0.2, 0.25) is 15.9 Å². The predicted octanol–water partition coefficient (Wildman–Crippen LogP) is 3.61. The number of hydrogen-bond donors (Lipinski definition) is 1. The molecule has 0 bridgehead atoms. The number of amides is 1. The van der Waals surface area contributed by atoms with Gasteiger partial charge in [-0.25, -0.2) is 12.7 Å². The standard InChI is InChI=1S/C24H32N2O3S/c1-5-30(28,29)26-13-11-24(12-14-26,21-9-7-6-8-10-21)23(27)25-17-22-19(3)15-18(2)16-20(22)4/h6-10,15-16H,5,11-14,17H2,1-4H3,(H,25,27). The Bertz CT molecular complexity index is 985. The fourth-order valence-corrected chi connectivity index (χ4v) is 5.66. The summed E-state index contributed by atoms with van der Waals surface area (Å²) in [6.45, 7) is 9.08. The van der Waals surface area contributed by atoms with Crippen molar-refractivity contribution in [2.45, 2.75) is 52.5 Å². The van der Waals surface area contributed by atoms with Crippen molar-refractivity contribution in [2.75, 3.05) is 18.8 Å². The average molecular weight is 429 g/mol. The Morgan fingerprint density at radius 1 is 1.03 bits per heavy atom. The molecule has 1 amide bonds. The number of nitrogens with zero attached hydrogens (tertiary/aromatic N) is 1. The second-order valence-corrected chi connectivity index (χ2v) is 10.6. The molecule has 0 spiro atoms. The van der Waals surface area contributed by atoms with Crippen LogP contribution in [0.15, 0.2) is 42.5 Å². The van der Waals surface area contributed by atoms with Crippen molar-refractivity contribution in [1.82, 2.24) is 9.62 Å². The second kappa shape index (κ2) is 8.90. The van der Waals surface area contributed by atoms with Crippen molar-refractivity contribution in [1.29, 1.82) is 0 Å². The monoisotopic (exact) mass is 428 g/mol. The van der Waals surface area contributed by atoms with Crippen LogP contribution in [0.1, 0.15) is 47.6 Å². The molecule has 3 rings (SSSR count). The molecule has 0 unspecified atom stereocenters. The van der Waals surface area contributed by atoms with E-state index >= 15 is 0 Å². The lowest BCUT2D eigenvalue weighted by molar-refractivity contribution is -0.128. The van der Waals surface area contributed by atoms with Gasteiger partial charge in [0.15, 0.2) is 0 Å². The number of carbonyl (C=O) groups is 1. The zero-order valence-electron chi connectivity index (χ0n) is 18.4. The van der Waals surface area contributed by atoms with Gasteiger partial charge in [-0.15, -0.1) is 0 Å². The molecule has 0 aromatic heterocycles. The van der Waals surface area contributed by atoms with Gasteiger partial charge in [0, 0.05) is 19.6 Å². The molecule has 0 aliphatic carbocycles. The van der Waals surface area contributed by atoms with Crippen molar-refractivity contribution < 1.29 is 13.2 Å². The van der Waals surface area contributed by atoms with Gasteiger partial charge < -0.3 is 5.32 Å². The van der Waals surface area contributed by atoms with E-state index in [-0.39, 0.29) is 11.7 Å². The molecule has 1 heterocycles. The molecule has 0 atom stereocenters. The molecule has 1 fully saturated rings. The van der Waals surface area contributed by atoms with Crippen LogP contribution in [0, 0.1) is 20.8 Å². The van der Waals surface area contributed by atoms with E-state index in [4.69, 9.17) is 0 Å². The molecule has 1 aliphatic heterocycles. The third kappa shape index (κ3) is 4.44. The first-order valence-electron chi connectivity index (χ1n) is 10.6. The zero-order chi connectivity index (χ0) is 21.9. The van der Waals surface area contributed by atoms with Crippen LogP contribution < -0.4 is 5.32 Å². The van der Waals surface area contributed by atoms with E-state index in [2.05, 4.69) is 38.2 Å². The van der Waals surface area contributed by atoms with Crippen LogP contribution in [-0.4, -0.2) is 37.5 Å². The first-order chi connectivity index (χ1) is 14.2. The predicted molar refractivity (Wildman–Crippen MR) is 121 cm³/mol. The van der Waals surface area contributed by atoms with Crippen LogP contribution in [0.4, 0.5) is 0 Å². The normalized spacial score (nSPS) is 16.9. The Morgan fingerprint density at radius 3 is 2.13 bits per heavy atom. The molecule has 0 radical (unpaired) electrons. The van der Waals surface area contributed by atoms with Gasteiger partial charge in [0.1, 0.15) is 0 Å². The molecule has 1 saturated heterocycles. The van der Waals surface area contributed by atoms with E-state index in [1.54, 1.807) is 6.92 Å². The largest absolute Gasteiger partial charge is 0.351 e. The highest BCUT2D eigenvalue weighted by molar-refractivity contribution is 7.89. The van der Waals surface area contributed by atoms with E-state index in [9.17, 15) is 13.2 Å². The molecule has 162 valence electrons. The van der Waals surface area contributed by atoms with Crippen LogP contribution in [0.3, 0.4) is 0 Å². The van der Waals surface area contributed by atoms with Crippen LogP contribution in [0.25, 0.3) is 0 Å². The quantitative estimate of drug-likeness (QED) is 0.764. The minimum atomic E-state index is -3.25. The maximum Gasteiger partial charge on any atom is 0.231 e. The maximum atomic E-state index is 13.5. The lowest BCUT2D eigenvalue weighted by atomic mass is 9.72. The van der Waals surface area contributed by atoms with Crippen molar-refractivity contribution in [3.63, 3.8) is 0 Å². The summed E-state index contributed by atoms with van der Waals surface area (Å²) in [5, 5.41) is 3.17. The third-order valence-electron chi connectivity index (χ3n) is 6.36. The SMILES string of the molecule is CCS(=O)(=O)N1CCC(C(=O)NCc2c(C)cc(C)cc2C)(c2ccccc2)CC1.